The molecule has 1 aliphatic carbocycles. The maximum absolute atomic E-state index is 12.6. The van der Waals surface area contributed by atoms with E-state index in [1.165, 1.54) is 0 Å². The predicted molar refractivity (Wildman–Crippen MR) is 126 cm³/mol. The SMILES string of the molecule is Cl.Cl.NC1(C(=O)N2CCC(Cc3cccc(C(=O)NCc4ccncc4)c3)C2)CCC1. The Labute approximate surface area is 195 Å². The highest BCUT2D eigenvalue weighted by atomic mass is 35.5. The molecule has 1 atom stereocenters. The highest BCUT2D eigenvalue weighted by Gasteiger charge is 2.44. The van der Waals surface area contributed by atoms with Crippen molar-refractivity contribution in [3.8, 4) is 0 Å². The topological polar surface area (TPSA) is 88.3 Å². The Morgan fingerprint density at radius 1 is 1.13 bits per heavy atom. The number of nitrogens with zero attached hydrogens (tertiary/aromatic N) is 2. The van der Waals surface area contributed by atoms with E-state index >= 15 is 0 Å². The van der Waals surface area contributed by atoms with E-state index in [1.807, 2.05) is 35.2 Å². The molecular weight excluding hydrogens is 435 g/mol. The third-order valence-electron chi connectivity index (χ3n) is 6.16. The summed E-state index contributed by atoms with van der Waals surface area (Å²) in [6.45, 7) is 2.02. The van der Waals surface area contributed by atoms with E-state index in [1.54, 1.807) is 12.4 Å². The molecule has 6 nitrogen and oxygen atoms in total. The fourth-order valence-electron chi connectivity index (χ4n) is 4.23. The smallest absolute Gasteiger partial charge is 0.251 e. The number of pyridine rings is 1. The summed E-state index contributed by atoms with van der Waals surface area (Å²) in [5, 5.41) is 2.95. The van der Waals surface area contributed by atoms with Gasteiger partial charge in [-0.25, -0.2) is 0 Å². The molecule has 1 saturated carbocycles. The molecule has 2 amide bonds. The summed E-state index contributed by atoms with van der Waals surface area (Å²) in [5.74, 6) is 0.454. The van der Waals surface area contributed by atoms with Crippen molar-refractivity contribution in [3.05, 3.63) is 65.5 Å². The van der Waals surface area contributed by atoms with Crippen molar-refractivity contribution in [2.75, 3.05) is 13.1 Å². The van der Waals surface area contributed by atoms with Gasteiger partial charge in [0.2, 0.25) is 5.91 Å². The molecule has 1 aromatic heterocycles. The summed E-state index contributed by atoms with van der Waals surface area (Å²) in [6.07, 6.45) is 7.96. The van der Waals surface area contributed by atoms with Crippen molar-refractivity contribution < 1.29 is 9.59 Å². The standard InChI is InChI=1S/C23H28N4O2.2ClH/c24-23(8-2-9-23)22(29)27-12-7-19(16-27)13-18-3-1-4-20(14-18)21(28)26-15-17-5-10-25-11-6-17;;/h1,3-6,10-11,14,19H,2,7-9,12-13,15-16,24H2,(H,26,28);2*1H. The van der Waals surface area contributed by atoms with E-state index in [-0.39, 0.29) is 36.6 Å². The van der Waals surface area contributed by atoms with Gasteiger partial charge in [-0.15, -0.1) is 24.8 Å². The van der Waals surface area contributed by atoms with Gasteiger partial charge in [0.15, 0.2) is 0 Å². The van der Waals surface area contributed by atoms with Crippen LogP contribution in [-0.4, -0.2) is 40.3 Å². The predicted octanol–water partition coefficient (Wildman–Crippen LogP) is 3.13. The van der Waals surface area contributed by atoms with Crippen molar-refractivity contribution in [2.24, 2.45) is 11.7 Å². The Kier molecular flexibility index (Phi) is 8.86. The molecule has 31 heavy (non-hydrogen) atoms. The first kappa shape index (κ1) is 25.1. The Morgan fingerprint density at radius 2 is 1.87 bits per heavy atom. The van der Waals surface area contributed by atoms with Gasteiger partial charge in [0, 0.05) is 37.6 Å². The lowest BCUT2D eigenvalue weighted by Gasteiger charge is -2.39. The maximum atomic E-state index is 12.6. The zero-order valence-corrected chi connectivity index (χ0v) is 19.1. The summed E-state index contributed by atoms with van der Waals surface area (Å²) in [4.78, 5) is 31.1. The average Bonchev–Trinajstić information content (AvgIpc) is 3.19. The van der Waals surface area contributed by atoms with Crippen molar-refractivity contribution in [1.29, 1.82) is 0 Å². The molecule has 4 rings (SSSR count). The summed E-state index contributed by atoms with van der Waals surface area (Å²) in [6, 6.07) is 11.6. The van der Waals surface area contributed by atoms with Crippen LogP contribution in [0.25, 0.3) is 0 Å². The van der Waals surface area contributed by atoms with Gasteiger partial charge in [-0.3, -0.25) is 14.6 Å². The quantitative estimate of drug-likeness (QED) is 0.686. The molecule has 2 aliphatic rings. The number of aromatic nitrogens is 1. The number of nitrogens with two attached hydrogens (primary N) is 1. The van der Waals surface area contributed by atoms with Crippen LogP contribution in [0.2, 0.25) is 0 Å². The monoisotopic (exact) mass is 464 g/mol. The second-order valence-electron chi connectivity index (χ2n) is 8.36. The molecule has 2 fully saturated rings. The van der Waals surface area contributed by atoms with E-state index in [0.717, 1.165) is 56.3 Å². The second kappa shape index (κ2) is 10.9. The zero-order valence-electron chi connectivity index (χ0n) is 17.5. The number of nitrogens with one attached hydrogen (secondary N) is 1. The van der Waals surface area contributed by atoms with Gasteiger partial charge in [-0.05, 0) is 73.4 Å². The highest BCUT2D eigenvalue weighted by molar-refractivity contribution is 5.94. The van der Waals surface area contributed by atoms with E-state index < -0.39 is 5.54 Å². The minimum Gasteiger partial charge on any atom is -0.348 e. The minimum absolute atomic E-state index is 0. The van der Waals surface area contributed by atoms with Gasteiger partial charge in [0.1, 0.15) is 0 Å². The van der Waals surface area contributed by atoms with Crippen molar-refractivity contribution in [2.45, 2.75) is 44.2 Å². The molecule has 2 heterocycles. The van der Waals surface area contributed by atoms with Crippen molar-refractivity contribution in [3.63, 3.8) is 0 Å². The molecule has 168 valence electrons. The summed E-state index contributed by atoms with van der Waals surface area (Å²) in [5.41, 5.74) is 8.41. The first-order valence-electron chi connectivity index (χ1n) is 10.4. The van der Waals surface area contributed by atoms with Crippen LogP contribution < -0.4 is 11.1 Å². The number of halogens is 2. The van der Waals surface area contributed by atoms with Crippen LogP contribution in [0.4, 0.5) is 0 Å². The number of likely N-dealkylation sites (tertiary alicyclic amines) is 1. The first-order chi connectivity index (χ1) is 14.0. The van der Waals surface area contributed by atoms with Gasteiger partial charge >= 0.3 is 0 Å². The molecule has 0 radical (unpaired) electrons. The molecular formula is C23H30Cl2N4O2. The number of amides is 2. The third-order valence-corrected chi connectivity index (χ3v) is 6.16. The normalized spacial score (nSPS) is 18.9. The number of rotatable bonds is 6. The molecule has 1 aliphatic heterocycles. The van der Waals surface area contributed by atoms with Crippen LogP contribution >= 0.6 is 24.8 Å². The van der Waals surface area contributed by atoms with Gasteiger partial charge in [0.25, 0.3) is 5.91 Å². The van der Waals surface area contributed by atoms with Crippen LogP contribution in [0.5, 0.6) is 0 Å². The Hall–Kier alpha value is -2.15. The summed E-state index contributed by atoms with van der Waals surface area (Å²) in [7, 11) is 0. The number of carbonyl (C=O) groups excluding carboxylic acids is 2. The van der Waals surface area contributed by atoms with Gasteiger partial charge in [0.05, 0.1) is 5.54 Å². The maximum Gasteiger partial charge on any atom is 0.251 e. The molecule has 3 N–H and O–H groups in total. The zero-order chi connectivity index (χ0) is 20.3. The van der Waals surface area contributed by atoms with Gasteiger partial charge < -0.3 is 16.0 Å². The van der Waals surface area contributed by atoms with E-state index in [0.29, 0.717) is 18.0 Å². The largest absolute Gasteiger partial charge is 0.348 e. The summed E-state index contributed by atoms with van der Waals surface area (Å²) >= 11 is 0. The molecule has 0 bridgehead atoms. The Morgan fingerprint density at radius 3 is 2.55 bits per heavy atom. The molecule has 2 aromatic rings. The lowest BCUT2D eigenvalue weighted by atomic mass is 9.76. The molecule has 1 unspecified atom stereocenters. The van der Waals surface area contributed by atoms with Crippen LogP contribution in [0.3, 0.4) is 0 Å². The third kappa shape index (κ3) is 5.97. The minimum atomic E-state index is -0.609. The molecule has 8 heteroatoms. The Balaban J connectivity index is 0.00000171. The molecule has 1 saturated heterocycles. The van der Waals surface area contributed by atoms with Crippen molar-refractivity contribution >= 4 is 36.6 Å². The van der Waals surface area contributed by atoms with E-state index in [2.05, 4.69) is 16.4 Å². The van der Waals surface area contributed by atoms with Crippen LogP contribution in [0.1, 0.15) is 47.2 Å². The lowest BCUT2D eigenvalue weighted by Crippen LogP contribution is -2.59. The lowest BCUT2D eigenvalue weighted by molar-refractivity contribution is -0.139. The number of hydrogen-bond acceptors (Lipinski definition) is 4. The number of hydrogen-bond donors (Lipinski definition) is 2. The number of benzene rings is 1. The van der Waals surface area contributed by atoms with E-state index in [4.69, 9.17) is 5.73 Å². The Bertz CT molecular complexity index is 890. The van der Waals surface area contributed by atoms with Gasteiger partial charge in [-0.2, -0.15) is 0 Å². The fourth-order valence-corrected chi connectivity index (χ4v) is 4.23. The highest BCUT2D eigenvalue weighted by Crippen LogP contribution is 2.33. The second-order valence-corrected chi connectivity index (χ2v) is 8.36. The molecule has 0 spiro atoms. The van der Waals surface area contributed by atoms with Crippen molar-refractivity contribution in [1.82, 2.24) is 15.2 Å². The summed E-state index contributed by atoms with van der Waals surface area (Å²) < 4.78 is 0. The van der Waals surface area contributed by atoms with Crippen LogP contribution in [0, 0.1) is 5.92 Å². The number of carbonyl (C=O) groups is 2. The average molecular weight is 465 g/mol. The molecule has 1 aromatic carbocycles. The van der Waals surface area contributed by atoms with Gasteiger partial charge in [-0.1, -0.05) is 12.1 Å². The van der Waals surface area contributed by atoms with Crippen LogP contribution in [-0.2, 0) is 17.8 Å². The fraction of sp³-hybridized carbons (Fsp3) is 0.435. The van der Waals surface area contributed by atoms with Crippen LogP contribution in [0.15, 0.2) is 48.8 Å². The first-order valence-corrected chi connectivity index (χ1v) is 10.4. The van der Waals surface area contributed by atoms with E-state index in [9.17, 15) is 9.59 Å².